The normalized spacial score (nSPS) is 10.3. The number of esters is 1. The van der Waals surface area contributed by atoms with Crippen LogP contribution in [-0.4, -0.2) is 24.9 Å². The molecule has 1 aromatic heterocycles. The van der Waals surface area contributed by atoms with Crippen LogP contribution in [0.25, 0.3) is 0 Å². The number of hydrogen-bond donors (Lipinski definition) is 2. The highest BCUT2D eigenvalue weighted by Gasteiger charge is 2.26. The third-order valence-electron chi connectivity index (χ3n) is 3.57. The Morgan fingerprint density at radius 3 is 2.38 bits per heavy atom. The molecular weight excluding hydrogens is 376 g/mol. The SMILES string of the molecule is CCCC(=O)Nc1sc(C(=O)Nc2ccc(Cl)cc2)c(C)c1C(=O)OC. The quantitative estimate of drug-likeness (QED) is 0.707. The number of carbonyl (C=O) groups excluding carboxylic acids is 3. The molecule has 0 atom stereocenters. The second-order valence-electron chi connectivity index (χ2n) is 5.51. The minimum Gasteiger partial charge on any atom is -0.465 e. The van der Waals surface area contributed by atoms with Crippen LogP contribution < -0.4 is 10.6 Å². The molecule has 2 aromatic rings. The van der Waals surface area contributed by atoms with Gasteiger partial charge >= 0.3 is 5.97 Å². The van der Waals surface area contributed by atoms with Gasteiger partial charge in [-0.1, -0.05) is 18.5 Å². The number of nitrogens with one attached hydrogen (secondary N) is 2. The molecule has 2 amide bonds. The number of halogens is 1. The Morgan fingerprint density at radius 2 is 1.81 bits per heavy atom. The van der Waals surface area contributed by atoms with E-state index < -0.39 is 5.97 Å². The van der Waals surface area contributed by atoms with Gasteiger partial charge in [0.25, 0.3) is 5.91 Å². The molecule has 0 aliphatic rings. The van der Waals surface area contributed by atoms with Crippen LogP contribution in [-0.2, 0) is 9.53 Å². The zero-order valence-corrected chi connectivity index (χ0v) is 16.2. The summed E-state index contributed by atoms with van der Waals surface area (Å²) >= 11 is 6.88. The number of methoxy groups -OCH3 is 1. The molecule has 0 aliphatic carbocycles. The van der Waals surface area contributed by atoms with Crippen molar-refractivity contribution < 1.29 is 19.1 Å². The smallest absolute Gasteiger partial charge is 0.341 e. The molecule has 0 bridgehead atoms. The molecule has 2 rings (SSSR count). The molecule has 1 aromatic carbocycles. The Bertz CT molecular complexity index is 830. The van der Waals surface area contributed by atoms with Crippen LogP contribution in [0.4, 0.5) is 10.7 Å². The number of thiophene rings is 1. The molecule has 138 valence electrons. The van der Waals surface area contributed by atoms with Gasteiger partial charge in [-0.3, -0.25) is 9.59 Å². The first-order chi connectivity index (χ1) is 12.4. The van der Waals surface area contributed by atoms with E-state index in [2.05, 4.69) is 10.6 Å². The van der Waals surface area contributed by atoms with Gasteiger partial charge in [0.05, 0.1) is 17.6 Å². The largest absolute Gasteiger partial charge is 0.465 e. The van der Waals surface area contributed by atoms with E-state index in [1.54, 1.807) is 31.2 Å². The van der Waals surface area contributed by atoms with Crippen molar-refractivity contribution in [3.63, 3.8) is 0 Å². The first-order valence-corrected chi connectivity index (χ1v) is 9.15. The second-order valence-corrected chi connectivity index (χ2v) is 6.97. The number of hydrogen-bond acceptors (Lipinski definition) is 5. The summed E-state index contributed by atoms with van der Waals surface area (Å²) in [7, 11) is 1.25. The highest BCUT2D eigenvalue weighted by Crippen LogP contribution is 2.34. The van der Waals surface area contributed by atoms with Gasteiger partial charge in [-0.05, 0) is 43.2 Å². The summed E-state index contributed by atoms with van der Waals surface area (Å²) in [5.74, 6) is -1.20. The fourth-order valence-electron chi connectivity index (χ4n) is 2.30. The van der Waals surface area contributed by atoms with E-state index in [1.807, 2.05) is 6.92 Å². The minimum absolute atomic E-state index is 0.197. The molecule has 0 radical (unpaired) electrons. The summed E-state index contributed by atoms with van der Waals surface area (Å²) in [5, 5.41) is 6.32. The first kappa shape index (κ1) is 19.9. The maximum Gasteiger partial charge on any atom is 0.341 e. The van der Waals surface area contributed by atoms with Crippen LogP contribution in [0.2, 0.25) is 5.02 Å². The number of anilines is 2. The Morgan fingerprint density at radius 1 is 1.15 bits per heavy atom. The molecule has 6 nitrogen and oxygen atoms in total. The van der Waals surface area contributed by atoms with Gasteiger partial charge in [0.15, 0.2) is 0 Å². The van der Waals surface area contributed by atoms with Gasteiger partial charge in [0.1, 0.15) is 5.00 Å². The molecule has 26 heavy (non-hydrogen) atoms. The number of ether oxygens (including phenoxy) is 1. The third kappa shape index (κ3) is 4.62. The number of rotatable bonds is 6. The number of benzene rings is 1. The van der Waals surface area contributed by atoms with Gasteiger partial charge in [0, 0.05) is 17.1 Å². The average molecular weight is 395 g/mol. The number of carbonyl (C=O) groups is 3. The molecule has 1 heterocycles. The lowest BCUT2D eigenvalue weighted by Gasteiger charge is -2.05. The molecule has 0 aliphatic heterocycles. The van der Waals surface area contributed by atoms with Gasteiger partial charge in [-0.25, -0.2) is 4.79 Å². The summed E-state index contributed by atoms with van der Waals surface area (Å²) in [6.45, 7) is 3.53. The Hall–Kier alpha value is -2.38. The van der Waals surface area contributed by atoms with Crippen LogP contribution in [0.15, 0.2) is 24.3 Å². The van der Waals surface area contributed by atoms with Crippen LogP contribution in [0.1, 0.15) is 45.4 Å². The van der Waals surface area contributed by atoms with Crippen molar-refractivity contribution in [1.82, 2.24) is 0 Å². The van der Waals surface area contributed by atoms with E-state index >= 15 is 0 Å². The van der Waals surface area contributed by atoms with E-state index in [0.717, 1.165) is 11.3 Å². The lowest BCUT2D eigenvalue weighted by atomic mass is 10.1. The van der Waals surface area contributed by atoms with E-state index in [-0.39, 0.29) is 17.4 Å². The third-order valence-corrected chi connectivity index (χ3v) is 5.03. The van der Waals surface area contributed by atoms with Crippen LogP contribution in [0, 0.1) is 6.92 Å². The van der Waals surface area contributed by atoms with Crippen molar-refractivity contribution in [2.24, 2.45) is 0 Å². The Balaban J connectivity index is 2.33. The summed E-state index contributed by atoms with van der Waals surface area (Å²) < 4.78 is 4.79. The maximum absolute atomic E-state index is 12.6. The summed E-state index contributed by atoms with van der Waals surface area (Å²) in [4.78, 5) is 37.0. The topological polar surface area (TPSA) is 84.5 Å². The van der Waals surface area contributed by atoms with Gasteiger partial charge in [-0.15, -0.1) is 11.3 Å². The second kappa shape index (κ2) is 8.82. The molecule has 2 N–H and O–H groups in total. The number of amides is 2. The molecule has 0 unspecified atom stereocenters. The van der Waals surface area contributed by atoms with Crippen molar-refractivity contribution in [2.75, 3.05) is 17.7 Å². The van der Waals surface area contributed by atoms with E-state index in [4.69, 9.17) is 16.3 Å². The van der Waals surface area contributed by atoms with Gasteiger partial charge < -0.3 is 15.4 Å². The zero-order chi connectivity index (χ0) is 19.3. The summed E-state index contributed by atoms with van der Waals surface area (Å²) in [5.41, 5.74) is 1.23. The fraction of sp³-hybridized carbons (Fsp3) is 0.278. The Labute approximate surface area is 160 Å². The first-order valence-electron chi connectivity index (χ1n) is 7.95. The van der Waals surface area contributed by atoms with Gasteiger partial charge in [0.2, 0.25) is 5.91 Å². The molecule has 0 saturated heterocycles. The summed E-state index contributed by atoms with van der Waals surface area (Å²) in [6, 6.07) is 6.67. The van der Waals surface area contributed by atoms with Crippen molar-refractivity contribution in [3.05, 3.63) is 45.3 Å². The van der Waals surface area contributed by atoms with E-state index in [9.17, 15) is 14.4 Å². The maximum atomic E-state index is 12.6. The van der Waals surface area contributed by atoms with Crippen molar-refractivity contribution in [1.29, 1.82) is 0 Å². The molecular formula is C18H19ClN2O4S. The predicted molar refractivity (Wildman–Crippen MR) is 103 cm³/mol. The van der Waals surface area contributed by atoms with Crippen LogP contribution >= 0.6 is 22.9 Å². The molecule has 0 spiro atoms. The highest BCUT2D eigenvalue weighted by molar-refractivity contribution is 7.18. The molecule has 8 heteroatoms. The monoisotopic (exact) mass is 394 g/mol. The van der Waals surface area contributed by atoms with E-state index in [0.29, 0.717) is 39.0 Å². The van der Waals surface area contributed by atoms with Gasteiger partial charge in [-0.2, -0.15) is 0 Å². The fourth-order valence-corrected chi connectivity index (χ4v) is 3.54. The van der Waals surface area contributed by atoms with Crippen molar-refractivity contribution in [2.45, 2.75) is 26.7 Å². The zero-order valence-electron chi connectivity index (χ0n) is 14.6. The minimum atomic E-state index is -0.601. The Kier molecular flexibility index (Phi) is 6.76. The van der Waals surface area contributed by atoms with Crippen molar-refractivity contribution in [3.8, 4) is 0 Å². The van der Waals surface area contributed by atoms with Crippen LogP contribution in [0.3, 0.4) is 0 Å². The molecule has 0 saturated carbocycles. The highest BCUT2D eigenvalue weighted by atomic mass is 35.5. The standard InChI is InChI=1S/C18H19ClN2O4S/c1-4-5-13(22)21-17-14(18(24)25-3)10(2)15(26-17)16(23)20-12-8-6-11(19)7-9-12/h6-9H,4-5H2,1-3H3,(H,20,23)(H,21,22). The summed E-state index contributed by atoms with van der Waals surface area (Å²) in [6.07, 6.45) is 0.998. The molecule has 0 fully saturated rings. The predicted octanol–water partition coefficient (Wildman–Crippen LogP) is 4.49. The van der Waals surface area contributed by atoms with Crippen molar-refractivity contribution >= 4 is 51.4 Å². The lowest BCUT2D eigenvalue weighted by molar-refractivity contribution is -0.116. The van der Waals surface area contributed by atoms with Crippen LogP contribution in [0.5, 0.6) is 0 Å². The average Bonchev–Trinajstić information content (AvgIpc) is 2.92. The van der Waals surface area contributed by atoms with E-state index in [1.165, 1.54) is 7.11 Å². The lowest BCUT2D eigenvalue weighted by Crippen LogP contribution is -2.14.